The van der Waals surface area contributed by atoms with E-state index in [1.165, 1.54) is 38.5 Å². The summed E-state index contributed by atoms with van der Waals surface area (Å²) in [5, 5.41) is 4.39. The summed E-state index contributed by atoms with van der Waals surface area (Å²) < 4.78 is 0. The molecule has 0 aliphatic heterocycles. The number of nitrogens with two attached hydrogens (primary N) is 1. The molecule has 0 saturated heterocycles. The quantitative estimate of drug-likeness (QED) is 0.391. The Morgan fingerprint density at radius 3 is 1.94 bits per heavy atom. The molecule has 3 N–H and O–H groups in total. The Hall–Kier alpha value is -0.640. The number of hydrogen-bond acceptors (Lipinski definition) is 2. The fraction of sp³-hybridized carbons (Fsp3) is 0.833. The molecule has 4 heteroatoms. The Morgan fingerprint density at radius 2 is 1.62 bits per heavy atom. The molecule has 3 nitrogen and oxygen atoms in total. The van der Waals surface area contributed by atoms with E-state index in [0.29, 0.717) is 0 Å². The van der Waals surface area contributed by atoms with Crippen LogP contribution in [0.25, 0.3) is 0 Å². The third kappa shape index (κ3) is 6.05. The third-order valence-corrected chi connectivity index (χ3v) is 2.85. The van der Waals surface area contributed by atoms with Crippen LogP contribution in [-0.4, -0.2) is 11.3 Å². The number of nitrogens with zero attached hydrogens (tertiary/aromatic N) is 1. The maximum atomic E-state index is 5.35. The van der Waals surface area contributed by atoms with Crippen LogP contribution in [0.2, 0.25) is 0 Å². The van der Waals surface area contributed by atoms with Crippen molar-refractivity contribution in [2.45, 2.75) is 59.3 Å². The lowest BCUT2D eigenvalue weighted by molar-refractivity contribution is 0.326. The summed E-state index contributed by atoms with van der Waals surface area (Å²) >= 11 is 4.73. The van der Waals surface area contributed by atoms with E-state index < -0.39 is 0 Å². The summed E-state index contributed by atoms with van der Waals surface area (Å²) in [5.74, 6) is 0. The van der Waals surface area contributed by atoms with Crippen molar-refractivity contribution in [1.82, 2.24) is 5.43 Å². The SMILES string of the molecule is CCCC(/C=N\NC(N)=S)(CCC)CCC. The van der Waals surface area contributed by atoms with Crippen molar-refractivity contribution in [3.63, 3.8) is 0 Å². The molecule has 0 aromatic carbocycles. The number of rotatable bonds is 8. The van der Waals surface area contributed by atoms with Gasteiger partial charge in [-0.15, -0.1) is 0 Å². The van der Waals surface area contributed by atoms with Crippen LogP contribution in [0.5, 0.6) is 0 Å². The number of thiocarbonyl (C=S) groups is 1. The second-order valence-electron chi connectivity index (χ2n) is 4.35. The summed E-state index contributed by atoms with van der Waals surface area (Å²) in [6.07, 6.45) is 9.09. The lowest BCUT2D eigenvalue weighted by Gasteiger charge is -2.28. The molecule has 0 radical (unpaired) electrons. The Kier molecular flexibility index (Phi) is 8.16. The molecule has 0 aromatic heterocycles. The van der Waals surface area contributed by atoms with Gasteiger partial charge in [-0.1, -0.05) is 40.0 Å². The van der Waals surface area contributed by atoms with Crippen molar-refractivity contribution in [3.05, 3.63) is 0 Å². The van der Waals surface area contributed by atoms with Crippen LogP contribution in [0.4, 0.5) is 0 Å². The molecule has 0 fully saturated rings. The average Bonchev–Trinajstić information content (AvgIpc) is 2.18. The van der Waals surface area contributed by atoms with Crippen molar-refractivity contribution >= 4 is 23.5 Å². The highest BCUT2D eigenvalue weighted by Crippen LogP contribution is 2.32. The first-order valence-electron chi connectivity index (χ1n) is 6.20. The van der Waals surface area contributed by atoms with Crippen LogP contribution in [-0.2, 0) is 0 Å². The van der Waals surface area contributed by atoms with Gasteiger partial charge in [0, 0.05) is 11.6 Å². The van der Waals surface area contributed by atoms with Gasteiger partial charge in [0.15, 0.2) is 5.11 Å². The zero-order chi connectivity index (χ0) is 12.4. The molecule has 0 saturated carbocycles. The Labute approximate surface area is 105 Å². The zero-order valence-electron chi connectivity index (χ0n) is 10.8. The first-order chi connectivity index (χ1) is 7.60. The summed E-state index contributed by atoms with van der Waals surface area (Å²) in [6.45, 7) is 6.65. The van der Waals surface area contributed by atoms with Crippen molar-refractivity contribution in [1.29, 1.82) is 0 Å². The minimum Gasteiger partial charge on any atom is -0.375 e. The van der Waals surface area contributed by atoms with Crippen LogP contribution in [0.15, 0.2) is 5.10 Å². The van der Waals surface area contributed by atoms with Gasteiger partial charge in [-0.25, -0.2) is 0 Å². The molecule has 0 bridgehead atoms. The predicted molar refractivity (Wildman–Crippen MR) is 75.6 cm³/mol. The minimum absolute atomic E-state index is 0.218. The average molecular weight is 243 g/mol. The molecule has 0 rings (SSSR count). The fourth-order valence-electron chi connectivity index (χ4n) is 2.30. The van der Waals surface area contributed by atoms with E-state index in [4.69, 9.17) is 18.0 Å². The maximum Gasteiger partial charge on any atom is 0.184 e. The van der Waals surface area contributed by atoms with Gasteiger partial charge in [-0.2, -0.15) is 5.10 Å². The Balaban J connectivity index is 4.57. The second kappa shape index (κ2) is 8.50. The van der Waals surface area contributed by atoms with Gasteiger partial charge in [0.05, 0.1) is 0 Å². The van der Waals surface area contributed by atoms with Crippen molar-refractivity contribution in [2.24, 2.45) is 16.3 Å². The van der Waals surface area contributed by atoms with Gasteiger partial charge in [0.25, 0.3) is 0 Å². The first kappa shape index (κ1) is 15.4. The molecule has 0 amide bonds. The molecule has 0 spiro atoms. The molecule has 0 aliphatic rings. The minimum atomic E-state index is 0.218. The number of hydrogen-bond donors (Lipinski definition) is 2. The lowest BCUT2D eigenvalue weighted by atomic mass is 9.77. The third-order valence-electron chi connectivity index (χ3n) is 2.76. The highest BCUT2D eigenvalue weighted by Gasteiger charge is 2.25. The molecule has 0 atom stereocenters. The Bertz CT molecular complexity index is 209. The van der Waals surface area contributed by atoms with E-state index in [0.717, 1.165) is 0 Å². The predicted octanol–water partition coefficient (Wildman–Crippen LogP) is 3.19. The first-order valence-corrected chi connectivity index (χ1v) is 6.60. The highest BCUT2D eigenvalue weighted by atomic mass is 32.1. The Morgan fingerprint density at radius 1 is 1.19 bits per heavy atom. The number of hydrazone groups is 1. The lowest BCUT2D eigenvalue weighted by Crippen LogP contribution is -2.28. The van der Waals surface area contributed by atoms with E-state index in [2.05, 4.69) is 31.3 Å². The van der Waals surface area contributed by atoms with Crippen LogP contribution in [0.3, 0.4) is 0 Å². The maximum absolute atomic E-state index is 5.35. The van der Waals surface area contributed by atoms with Gasteiger partial charge in [-0.3, -0.25) is 5.43 Å². The van der Waals surface area contributed by atoms with Crippen molar-refractivity contribution < 1.29 is 0 Å². The topological polar surface area (TPSA) is 50.4 Å². The summed E-state index contributed by atoms with van der Waals surface area (Å²) in [4.78, 5) is 0. The summed E-state index contributed by atoms with van der Waals surface area (Å²) in [5.41, 5.74) is 8.22. The standard InChI is InChI=1S/C12H25N3S/c1-4-7-12(8-5-2,9-6-3)10-14-15-11(13)16/h10H,4-9H2,1-3H3,(H3,13,15,16)/b14-10-. The number of nitrogens with one attached hydrogen (secondary N) is 1. The van der Waals surface area contributed by atoms with E-state index in [1.807, 2.05) is 6.21 Å². The van der Waals surface area contributed by atoms with E-state index >= 15 is 0 Å². The van der Waals surface area contributed by atoms with Crippen LogP contribution in [0, 0.1) is 5.41 Å². The van der Waals surface area contributed by atoms with Crippen LogP contribution < -0.4 is 11.2 Å². The highest BCUT2D eigenvalue weighted by molar-refractivity contribution is 7.80. The van der Waals surface area contributed by atoms with Crippen molar-refractivity contribution in [3.8, 4) is 0 Å². The second-order valence-corrected chi connectivity index (χ2v) is 4.79. The van der Waals surface area contributed by atoms with E-state index in [1.54, 1.807) is 0 Å². The van der Waals surface area contributed by atoms with Gasteiger partial charge in [-0.05, 0) is 31.5 Å². The van der Waals surface area contributed by atoms with Crippen molar-refractivity contribution in [2.75, 3.05) is 0 Å². The summed E-state index contributed by atoms with van der Waals surface area (Å²) in [6, 6.07) is 0. The molecular formula is C12H25N3S. The van der Waals surface area contributed by atoms with Crippen LogP contribution >= 0.6 is 12.2 Å². The molecule has 0 heterocycles. The molecule has 0 aliphatic carbocycles. The largest absolute Gasteiger partial charge is 0.375 e. The molecule has 0 unspecified atom stereocenters. The van der Waals surface area contributed by atoms with Gasteiger partial charge in [0.2, 0.25) is 0 Å². The van der Waals surface area contributed by atoms with Gasteiger partial charge in [0.1, 0.15) is 0 Å². The van der Waals surface area contributed by atoms with Gasteiger partial charge >= 0.3 is 0 Å². The van der Waals surface area contributed by atoms with E-state index in [-0.39, 0.29) is 10.5 Å². The monoisotopic (exact) mass is 243 g/mol. The molecule has 16 heavy (non-hydrogen) atoms. The molecule has 94 valence electrons. The molecular weight excluding hydrogens is 218 g/mol. The smallest absolute Gasteiger partial charge is 0.184 e. The van der Waals surface area contributed by atoms with Gasteiger partial charge < -0.3 is 5.73 Å². The molecule has 0 aromatic rings. The van der Waals surface area contributed by atoms with Crippen LogP contribution in [0.1, 0.15) is 59.3 Å². The fourth-order valence-corrected chi connectivity index (χ4v) is 2.35. The van der Waals surface area contributed by atoms with E-state index in [9.17, 15) is 0 Å². The zero-order valence-corrected chi connectivity index (χ0v) is 11.6. The normalized spacial score (nSPS) is 11.9. The summed E-state index contributed by atoms with van der Waals surface area (Å²) in [7, 11) is 0.